The molecule has 4 nitrogen and oxygen atoms in total. The van der Waals surface area contributed by atoms with Crippen LogP contribution in [0.15, 0.2) is 24.3 Å². The first-order valence-electron chi connectivity index (χ1n) is 5.96. The van der Waals surface area contributed by atoms with E-state index in [0.29, 0.717) is 0 Å². The van der Waals surface area contributed by atoms with Gasteiger partial charge in [0.15, 0.2) is 0 Å². The molecule has 112 valence electrons. The minimum atomic E-state index is -4.50. The summed E-state index contributed by atoms with van der Waals surface area (Å²) in [6, 6.07) is 4.21. The fourth-order valence-corrected chi connectivity index (χ4v) is 1.65. The first kappa shape index (κ1) is 16.5. The molecule has 0 bridgehead atoms. The first-order chi connectivity index (χ1) is 9.40. The van der Waals surface area contributed by atoms with E-state index in [9.17, 15) is 18.0 Å². The molecule has 0 aromatic heterocycles. The molecule has 1 N–H and O–H groups in total. The Morgan fingerprint density at radius 3 is 2.60 bits per heavy atom. The fraction of sp³-hybridized carbons (Fsp3) is 0.462. The lowest BCUT2D eigenvalue weighted by atomic mass is 10.1. The van der Waals surface area contributed by atoms with Crippen LogP contribution in [0.5, 0.6) is 0 Å². The van der Waals surface area contributed by atoms with Crippen LogP contribution >= 0.6 is 0 Å². The molecule has 0 radical (unpaired) electrons. The van der Waals surface area contributed by atoms with Gasteiger partial charge >= 0.3 is 6.18 Å². The molecule has 0 saturated carbocycles. The highest BCUT2D eigenvalue weighted by molar-refractivity contribution is 5.94. The average Bonchev–Trinajstić information content (AvgIpc) is 2.42. The lowest BCUT2D eigenvalue weighted by Crippen LogP contribution is -2.36. The van der Waals surface area contributed by atoms with Crippen LogP contribution in [-0.2, 0) is 10.9 Å². The summed E-state index contributed by atoms with van der Waals surface area (Å²) < 4.78 is 42.6. The van der Waals surface area contributed by atoms with E-state index < -0.39 is 17.6 Å². The predicted octanol–water partition coefficient (Wildman–Crippen LogP) is 1.79. The molecule has 0 fully saturated rings. The molecule has 0 spiro atoms. The van der Waals surface area contributed by atoms with E-state index in [1.165, 1.54) is 24.1 Å². The number of aliphatic hydroxyl groups is 1. The number of methoxy groups -OCH3 is 1. The number of alkyl halides is 3. The van der Waals surface area contributed by atoms with Gasteiger partial charge in [0.2, 0.25) is 0 Å². The van der Waals surface area contributed by atoms with Crippen molar-refractivity contribution in [3.05, 3.63) is 35.4 Å². The molecule has 0 aliphatic heterocycles. The molecule has 0 aliphatic carbocycles. The van der Waals surface area contributed by atoms with Gasteiger partial charge in [0.1, 0.15) is 0 Å². The molecular formula is C13H16F3NO3. The quantitative estimate of drug-likeness (QED) is 0.869. The van der Waals surface area contributed by atoms with Gasteiger partial charge in [-0.15, -0.1) is 0 Å². The third-order valence-electron chi connectivity index (χ3n) is 2.66. The number of nitrogens with zero attached hydrogens (tertiary/aromatic N) is 1. The van der Waals surface area contributed by atoms with Crippen molar-refractivity contribution in [2.45, 2.75) is 6.18 Å². The van der Waals surface area contributed by atoms with Crippen LogP contribution in [0.4, 0.5) is 13.2 Å². The Morgan fingerprint density at radius 2 is 2.05 bits per heavy atom. The lowest BCUT2D eigenvalue weighted by molar-refractivity contribution is -0.137. The van der Waals surface area contributed by atoms with E-state index in [1.54, 1.807) is 0 Å². The van der Waals surface area contributed by atoms with Gasteiger partial charge in [0.05, 0.1) is 18.8 Å². The van der Waals surface area contributed by atoms with Gasteiger partial charge in [0.25, 0.3) is 5.91 Å². The second-order valence-corrected chi connectivity index (χ2v) is 4.09. The first-order valence-corrected chi connectivity index (χ1v) is 5.96. The molecule has 0 aliphatic rings. The molecule has 20 heavy (non-hydrogen) atoms. The monoisotopic (exact) mass is 291 g/mol. The van der Waals surface area contributed by atoms with Gasteiger partial charge in [-0.25, -0.2) is 0 Å². The van der Waals surface area contributed by atoms with Crippen molar-refractivity contribution in [1.29, 1.82) is 0 Å². The number of benzene rings is 1. The van der Waals surface area contributed by atoms with Gasteiger partial charge in [-0.1, -0.05) is 6.07 Å². The zero-order valence-corrected chi connectivity index (χ0v) is 11.0. The molecule has 0 atom stereocenters. The number of carbonyl (C=O) groups excluding carboxylic acids is 1. The number of hydrogen-bond acceptors (Lipinski definition) is 3. The smallest absolute Gasteiger partial charge is 0.395 e. The van der Waals surface area contributed by atoms with Crippen molar-refractivity contribution < 1.29 is 27.8 Å². The van der Waals surface area contributed by atoms with Crippen LogP contribution in [-0.4, -0.2) is 49.3 Å². The van der Waals surface area contributed by atoms with E-state index in [2.05, 4.69) is 0 Å². The highest BCUT2D eigenvalue weighted by atomic mass is 19.4. The van der Waals surface area contributed by atoms with Gasteiger partial charge in [-0.05, 0) is 18.2 Å². The van der Waals surface area contributed by atoms with Crippen LogP contribution in [0.3, 0.4) is 0 Å². The summed E-state index contributed by atoms with van der Waals surface area (Å²) in [5, 5.41) is 8.90. The maximum Gasteiger partial charge on any atom is 0.416 e. The standard InChI is InChI=1S/C13H16F3NO3/c1-20-8-6-17(5-7-18)12(19)10-3-2-4-11(9-10)13(14,15)16/h2-4,9,18H,5-8H2,1H3. The Bertz CT molecular complexity index is 449. The van der Waals surface area contributed by atoms with Gasteiger partial charge in [-0.3, -0.25) is 4.79 Å². The molecule has 0 saturated heterocycles. The second kappa shape index (κ2) is 7.25. The molecule has 1 amide bonds. The van der Waals surface area contributed by atoms with Crippen LogP contribution in [0, 0.1) is 0 Å². The molecule has 1 aromatic rings. The van der Waals surface area contributed by atoms with Crippen LogP contribution in [0.2, 0.25) is 0 Å². The fourth-order valence-electron chi connectivity index (χ4n) is 1.65. The van der Waals surface area contributed by atoms with Crippen molar-refractivity contribution in [2.24, 2.45) is 0 Å². The van der Waals surface area contributed by atoms with Crippen molar-refractivity contribution >= 4 is 5.91 Å². The number of rotatable bonds is 6. The Morgan fingerprint density at radius 1 is 1.35 bits per heavy atom. The maximum absolute atomic E-state index is 12.6. The highest BCUT2D eigenvalue weighted by Gasteiger charge is 2.31. The molecule has 0 unspecified atom stereocenters. The number of halogens is 3. The maximum atomic E-state index is 12.6. The Hall–Kier alpha value is -1.60. The Kier molecular flexibility index (Phi) is 5.97. The summed E-state index contributed by atoms with van der Waals surface area (Å²) in [5.41, 5.74) is -0.941. The highest BCUT2D eigenvalue weighted by Crippen LogP contribution is 2.29. The normalized spacial score (nSPS) is 11.4. The Labute approximate surface area is 114 Å². The zero-order valence-electron chi connectivity index (χ0n) is 11.0. The minimum absolute atomic E-state index is 0.0401. The largest absolute Gasteiger partial charge is 0.416 e. The summed E-state index contributed by atoms with van der Waals surface area (Å²) in [5.74, 6) is -0.567. The van der Waals surface area contributed by atoms with Crippen molar-refractivity contribution in [1.82, 2.24) is 4.90 Å². The summed E-state index contributed by atoms with van der Waals surface area (Å²) in [7, 11) is 1.45. The zero-order chi connectivity index (χ0) is 15.2. The van der Waals surface area contributed by atoms with E-state index >= 15 is 0 Å². The van der Waals surface area contributed by atoms with Crippen LogP contribution < -0.4 is 0 Å². The van der Waals surface area contributed by atoms with Crippen molar-refractivity contribution in [2.75, 3.05) is 33.4 Å². The lowest BCUT2D eigenvalue weighted by Gasteiger charge is -2.21. The van der Waals surface area contributed by atoms with Gasteiger partial charge in [0, 0.05) is 25.8 Å². The number of hydrogen-bond donors (Lipinski definition) is 1. The molecule has 0 heterocycles. The van der Waals surface area contributed by atoms with E-state index in [4.69, 9.17) is 9.84 Å². The SMILES string of the molecule is COCCN(CCO)C(=O)c1cccc(C(F)(F)F)c1. The van der Waals surface area contributed by atoms with Gasteiger partial charge in [-0.2, -0.15) is 13.2 Å². The third kappa shape index (κ3) is 4.50. The molecule has 1 aromatic carbocycles. The third-order valence-corrected chi connectivity index (χ3v) is 2.66. The number of ether oxygens (including phenoxy) is 1. The minimum Gasteiger partial charge on any atom is -0.395 e. The molecular weight excluding hydrogens is 275 g/mol. The van der Waals surface area contributed by atoms with Crippen LogP contribution in [0.1, 0.15) is 15.9 Å². The predicted molar refractivity (Wildman–Crippen MR) is 66.3 cm³/mol. The number of aliphatic hydroxyl groups excluding tert-OH is 1. The topological polar surface area (TPSA) is 49.8 Å². The number of carbonyl (C=O) groups is 1. The average molecular weight is 291 g/mol. The van der Waals surface area contributed by atoms with Crippen LogP contribution in [0.25, 0.3) is 0 Å². The summed E-state index contributed by atoms with van der Waals surface area (Å²) in [4.78, 5) is 13.4. The van der Waals surface area contributed by atoms with Gasteiger partial charge < -0.3 is 14.7 Å². The van der Waals surface area contributed by atoms with Crippen molar-refractivity contribution in [3.63, 3.8) is 0 Å². The number of amides is 1. The second-order valence-electron chi connectivity index (χ2n) is 4.09. The van der Waals surface area contributed by atoms with E-state index in [-0.39, 0.29) is 31.9 Å². The summed E-state index contributed by atoms with van der Waals surface area (Å²) in [6.45, 7) is 0.212. The molecule has 1 rings (SSSR count). The summed E-state index contributed by atoms with van der Waals surface area (Å²) in [6.07, 6.45) is -4.50. The summed E-state index contributed by atoms with van der Waals surface area (Å²) >= 11 is 0. The Balaban J connectivity index is 2.93. The van der Waals surface area contributed by atoms with E-state index in [1.807, 2.05) is 0 Å². The van der Waals surface area contributed by atoms with Crippen molar-refractivity contribution in [3.8, 4) is 0 Å². The molecule has 7 heteroatoms. The van der Waals surface area contributed by atoms with E-state index in [0.717, 1.165) is 12.1 Å².